The summed E-state index contributed by atoms with van der Waals surface area (Å²) in [6.07, 6.45) is 5.12. The van der Waals surface area contributed by atoms with Crippen LogP contribution in [-0.4, -0.2) is 4.89 Å². The van der Waals surface area contributed by atoms with Gasteiger partial charge in [-0.05, 0) is 25.0 Å². The van der Waals surface area contributed by atoms with E-state index < -0.39 is 8.25 Å². The minimum Gasteiger partial charge on any atom is -0.431 e. The van der Waals surface area contributed by atoms with Crippen molar-refractivity contribution in [1.82, 2.24) is 0 Å². The molecule has 0 aromatic rings. The zero-order valence-corrected chi connectivity index (χ0v) is 8.54. The molecule has 0 bridgehead atoms. The monoisotopic (exact) mass is 200 g/mol. The van der Waals surface area contributed by atoms with Crippen LogP contribution in [0, 0.1) is 0 Å². The van der Waals surface area contributed by atoms with Crippen LogP contribution in [-0.2, 0) is 9.09 Å². The van der Waals surface area contributed by atoms with E-state index in [2.05, 4.69) is 6.58 Å². The zero-order chi connectivity index (χ0) is 9.84. The first-order chi connectivity index (χ1) is 6.09. The fourth-order valence-corrected chi connectivity index (χ4v) is 1.57. The van der Waals surface area contributed by atoms with Crippen molar-refractivity contribution in [1.29, 1.82) is 0 Å². The SMILES string of the molecule is C=C(C)C1=CC=C(O[PH](=O)O)CC1. The fourth-order valence-electron chi connectivity index (χ4n) is 1.17. The molecule has 0 aromatic carbocycles. The molecule has 0 radical (unpaired) electrons. The van der Waals surface area contributed by atoms with Crippen LogP contribution >= 0.6 is 8.25 Å². The second-order valence-electron chi connectivity index (χ2n) is 2.97. The van der Waals surface area contributed by atoms with Crippen molar-refractivity contribution in [3.8, 4) is 0 Å². The van der Waals surface area contributed by atoms with E-state index in [1.807, 2.05) is 13.0 Å². The molecule has 0 aromatic heterocycles. The van der Waals surface area contributed by atoms with Gasteiger partial charge in [-0.1, -0.05) is 18.2 Å². The Balaban J connectivity index is 2.65. The molecule has 0 saturated carbocycles. The Morgan fingerprint density at radius 3 is 2.69 bits per heavy atom. The van der Waals surface area contributed by atoms with E-state index in [-0.39, 0.29) is 0 Å². The Bertz CT molecular complexity index is 302. The zero-order valence-electron chi connectivity index (χ0n) is 7.54. The maximum atomic E-state index is 10.4. The van der Waals surface area contributed by atoms with E-state index >= 15 is 0 Å². The molecule has 0 spiro atoms. The van der Waals surface area contributed by atoms with Crippen molar-refractivity contribution >= 4 is 8.25 Å². The van der Waals surface area contributed by atoms with Crippen molar-refractivity contribution < 1.29 is 14.0 Å². The van der Waals surface area contributed by atoms with Crippen LogP contribution in [0.1, 0.15) is 19.8 Å². The first kappa shape index (κ1) is 10.3. The van der Waals surface area contributed by atoms with Gasteiger partial charge in [-0.15, -0.1) is 0 Å². The molecule has 0 aliphatic heterocycles. The molecule has 3 nitrogen and oxygen atoms in total. The third kappa shape index (κ3) is 3.21. The van der Waals surface area contributed by atoms with Crippen LogP contribution in [0.3, 0.4) is 0 Å². The second kappa shape index (κ2) is 4.45. The fraction of sp³-hybridized carbons (Fsp3) is 0.333. The summed E-state index contributed by atoms with van der Waals surface area (Å²) in [7, 11) is -2.84. The Morgan fingerprint density at radius 1 is 1.62 bits per heavy atom. The van der Waals surface area contributed by atoms with Crippen molar-refractivity contribution in [2.24, 2.45) is 0 Å². The van der Waals surface area contributed by atoms with Crippen LogP contribution in [0.4, 0.5) is 0 Å². The highest BCUT2D eigenvalue weighted by Gasteiger charge is 2.08. The predicted molar refractivity (Wildman–Crippen MR) is 52.5 cm³/mol. The average molecular weight is 200 g/mol. The number of rotatable bonds is 3. The molecular formula is C9H13O3P. The van der Waals surface area contributed by atoms with Gasteiger partial charge in [0.05, 0.1) is 0 Å². The van der Waals surface area contributed by atoms with Crippen molar-refractivity contribution in [2.75, 3.05) is 0 Å². The van der Waals surface area contributed by atoms with Gasteiger partial charge in [0.2, 0.25) is 0 Å². The van der Waals surface area contributed by atoms with Crippen molar-refractivity contribution in [3.63, 3.8) is 0 Å². The lowest BCUT2D eigenvalue weighted by Crippen LogP contribution is -1.94. The minimum atomic E-state index is -2.84. The molecule has 0 heterocycles. The summed E-state index contributed by atoms with van der Waals surface area (Å²) >= 11 is 0. The van der Waals surface area contributed by atoms with E-state index in [1.54, 1.807) is 6.08 Å². The number of hydrogen-bond donors (Lipinski definition) is 1. The van der Waals surface area contributed by atoms with Crippen molar-refractivity contribution in [3.05, 3.63) is 35.6 Å². The molecule has 4 heteroatoms. The van der Waals surface area contributed by atoms with Gasteiger partial charge in [0.25, 0.3) is 0 Å². The summed E-state index contributed by atoms with van der Waals surface area (Å²) in [5.74, 6) is 0.580. The highest BCUT2D eigenvalue weighted by Crippen LogP contribution is 2.29. The van der Waals surface area contributed by atoms with E-state index in [9.17, 15) is 4.57 Å². The Morgan fingerprint density at radius 2 is 2.31 bits per heavy atom. The van der Waals surface area contributed by atoms with E-state index in [4.69, 9.17) is 9.42 Å². The van der Waals surface area contributed by atoms with Gasteiger partial charge in [-0.3, -0.25) is 0 Å². The molecule has 72 valence electrons. The predicted octanol–water partition coefficient (Wildman–Crippen LogP) is 2.57. The molecule has 0 saturated heterocycles. The minimum absolute atomic E-state index is 0.580. The van der Waals surface area contributed by atoms with Gasteiger partial charge in [-0.25, -0.2) is 4.57 Å². The maximum absolute atomic E-state index is 10.4. The summed E-state index contributed by atoms with van der Waals surface area (Å²) in [6, 6.07) is 0. The number of hydrogen-bond acceptors (Lipinski definition) is 2. The number of allylic oxidation sites excluding steroid dienone is 5. The van der Waals surface area contributed by atoms with Gasteiger partial charge in [-0.2, -0.15) is 0 Å². The molecule has 1 unspecified atom stereocenters. The van der Waals surface area contributed by atoms with Gasteiger partial charge in [0, 0.05) is 6.42 Å². The Kier molecular flexibility index (Phi) is 3.52. The van der Waals surface area contributed by atoms with E-state index in [0.717, 1.165) is 12.0 Å². The summed E-state index contributed by atoms with van der Waals surface area (Å²) < 4.78 is 15.1. The Hall–Kier alpha value is -0.790. The summed E-state index contributed by atoms with van der Waals surface area (Å²) in [5.41, 5.74) is 2.21. The van der Waals surface area contributed by atoms with E-state index in [1.165, 1.54) is 5.57 Å². The van der Waals surface area contributed by atoms with Gasteiger partial charge in [0.1, 0.15) is 5.76 Å². The topological polar surface area (TPSA) is 46.5 Å². The molecule has 0 amide bonds. The Labute approximate surface area is 78.4 Å². The smallest absolute Gasteiger partial charge is 0.364 e. The molecule has 1 rings (SSSR count). The molecule has 1 N–H and O–H groups in total. The first-order valence-electron chi connectivity index (χ1n) is 4.06. The molecule has 1 aliphatic rings. The summed E-state index contributed by atoms with van der Waals surface area (Å²) in [5, 5.41) is 0. The van der Waals surface area contributed by atoms with E-state index in [0.29, 0.717) is 12.2 Å². The van der Waals surface area contributed by atoms with Crippen LogP contribution < -0.4 is 0 Å². The molecule has 1 aliphatic carbocycles. The summed E-state index contributed by atoms with van der Waals surface area (Å²) in [6.45, 7) is 5.77. The van der Waals surface area contributed by atoms with Crippen LogP contribution in [0.25, 0.3) is 0 Å². The highest BCUT2D eigenvalue weighted by atomic mass is 31.1. The third-order valence-corrected chi connectivity index (χ3v) is 2.31. The first-order valence-corrected chi connectivity index (χ1v) is 5.32. The third-order valence-electron chi connectivity index (χ3n) is 1.88. The normalized spacial score (nSPS) is 18.6. The average Bonchev–Trinajstić information content (AvgIpc) is 2.04. The lowest BCUT2D eigenvalue weighted by Gasteiger charge is -2.13. The molecule has 1 atom stereocenters. The summed E-state index contributed by atoms with van der Waals surface area (Å²) in [4.78, 5) is 8.52. The van der Waals surface area contributed by atoms with Crippen LogP contribution in [0.15, 0.2) is 35.6 Å². The van der Waals surface area contributed by atoms with Crippen molar-refractivity contribution in [2.45, 2.75) is 19.8 Å². The maximum Gasteiger partial charge on any atom is 0.364 e. The lowest BCUT2D eigenvalue weighted by molar-refractivity contribution is 0.339. The highest BCUT2D eigenvalue weighted by molar-refractivity contribution is 7.32. The van der Waals surface area contributed by atoms with Crippen LogP contribution in [0.2, 0.25) is 0 Å². The second-order valence-corrected chi connectivity index (χ2v) is 3.71. The van der Waals surface area contributed by atoms with Gasteiger partial charge in [0.15, 0.2) is 0 Å². The largest absolute Gasteiger partial charge is 0.431 e. The molecule has 0 fully saturated rings. The van der Waals surface area contributed by atoms with Gasteiger partial charge < -0.3 is 9.42 Å². The lowest BCUT2D eigenvalue weighted by atomic mass is 9.99. The van der Waals surface area contributed by atoms with Crippen LogP contribution in [0.5, 0.6) is 0 Å². The van der Waals surface area contributed by atoms with Gasteiger partial charge >= 0.3 is 8.25 Å². The molecule has 13 heavy (non-hydrogen) atoms. The standard InChI is InChI=1S/C9H13O3P/c1-7(2)8-3-5-9(6-4-8)12-13(10)11/h3,5,13H,1,4,6H2,2H3,(H,10,11). The molecular weight excluding hydrogens is 187 g/mol. The quantitative estimate of drug-likeness (QED) is 0.712.